The number of anilines is 1. The largest absolute Gasteiger partial charge is 0.496 e. The van der Waals surface area contributed by atoms with Crippen LogP contribution in [0.2, 0.25) is 0 Å². The molecule has 0 saturated carbocycles. The van der Waals surface area contributed by atoms with Crippen LogP contribution in [0.4, 0.5) is 10.2 Å². The fraction of sp³-hybridized carbons (Fsp3) is 0.607. The van der Waals surface area contributed by atoms with Gasteiger partial charge in [0.15, 0.2) is 0 Å². The highest BCUT2D eigenvalue weighted by atomic mass is 19.1. The standard InChI is InChI=1S/C28H39FN4O3/c1-4-24-21(10-7-14-30-24)26(28(34)36-3)33-16-13-19(18-33)23(29)12-6-5-9-20-17-25(35-2)22-11-8-15-31-27(22)32-20/h7,10,14,17,19,23,26H,4-6,8-9,11-13,15-16,18H2,1-3H3,(H,31,32). The van der Waals surface area contributed by atoms with Crippen molar-refractivity contribution in [2.24, 2.45) is 5.92 Å². The third kappa shape index (κ3) is 5.97. The maximum atomic E-state index is 15.2. The van der Waals surface area contributed by atoms with Gasteiger partial charge in [-0.1, -0.05) is 19.4 Å². The van der Waals surface area contributed by atoms with E-state index >= 15 is 4.39 Å². The molecule has 0 spiro atoms. The van der Waals surface area contributed by atoms with Crippen molar-refractivity contribution in [1.29, 1.82) is 0 Å². The summed E-state index contributed by atoms with van der Waals surface area (Å²) in [5, 5.41) is 3.38. The van der Waals surface area contributed by atoms with Crippen LogP contribution in [0.1, 0.15) is 67.6 Å². The number of pyridine rings is 2. The van der Waals surface area contributed by atoms with E-state index in [-0.39, 0.29) is 11.9 Å². The minimum Gasteiger partial charge on any atom is -0.496 e. The van der Waals surface area contributed by atoms with E-state index in [1.807, 2.05) is 25.1 Å². The predicted octanol–water partition coefficient (Wildman–Crippen LogP) is 4.69. The summed E-state index contributed by atoms with van der Waals surface area (Å²) in [7, 11) is 3.11. The molecule has 2 aromatic heterocycles. The second-order valence-electron chi connectivity index (χ2n) is 9.80. The maximum absolute atomic E-state index is 15.2. The molecule has 8 heteroatoms. The van der Waals surface area contributed by atoms with Gasteiger partial charge < -0.3 is 14.8 Å². The Labute approximate surface area is 213 Å². The zero-order valence-corrected chi connectivity index (χ0v) is 21.8. The Hall–Kier alpha value is -2.74. The summed E-state index contributed by atoms with van der Waals surface area (Å²) >= 11 is 0. The number of halogens is 1. The molecule has 1 saturated heterocycles. The van der Waals surface area contributed by atoms with Gasteiger partial charge in [-0.2, -0.15) is 0 Å². The molecule has 1 N–H and O–H groups in total. The number of rotatable bonds is 11. The number of fused-ring (bicyclic) bond motifs is 1. The molecule has 0 bridgehead atoms. The van der Waals surface area contributed by atoms with Gasteiger partial charge in [0.25, 0.3) is 0 Å². The molecule has 3 atom stereocenters. The third-order valence-corrected chi connectivity index (χ3v) is 7.53. The average Bonchev–Trinajstić information content (AvgIpc) is 3.40. The lowest BCUT2D eigenvalue weighted by Gasteiger charge is -2.27. The van der Waals surface area contributed by atoms with Gasteiger partial charge in [-0.3, -0.25) is 9.88 Å². The van der Waals surface area contributed by atoms with Crippen molar-refractivity contribution in [1.82, 2.24) is 14.9 Å². The number of hydrogen-bond acceptors (Lipinski definition) is 7. The number of unbranched alkanes of at least 4 members (excludes halogenated alkanes) is 1. The Bertz CT molecular complexity index is 1020. The summed E-state index contributed by atoms with van der Waals surface area (Å²) in [5.41, 5.74) is 3.90. The van der Waals surface area contributed by atoms with Crippen molar-refractivity contribution in [2.75, 3.05) is 39.2 Å². The van der Waals surface area contributed by atoms with Crippen LogP contribution in [0.25, 0.3) is 0 Å². The Kier molecular flexibility index (Phi) is 9.13. The molecular formula is C28H39FN4O3. The molecule has 0 aliphatic carbocycles. The maximum Gasteiger partial charge on any atom is 0.327 e. The molecule has 1 fully saturated rings. The lowest BCUT2D eigenvalue weighted by atomic mass is 9.97. The molecule has 2 aliphatic heterocycles. The molecule has 2 aromatic rings. The molecule has 2 aliphatic rings. The number of carbonyl (C=O) groups excluding carboxylic acids is 1. The smallest absolute Gasteiger partial charge is 0.327 e. The molecule has 4 heterocycles. The molecule has 0 radical (unpaired) electrons. The van der Waals surface area contributed by atoms with Crippen molar-refractivity contribution >= 4 is 11.8 Å². The number of hydrogen-bond donors (Lipinski definition) is 1. The highest BCUT2D eigenvalue weighted by molar-refractivity contribution is 5.78. The van der Waals surface area contributed by atoms with Gasteiger partial charge in [-0.05, 0) is 57.6 Å². The van der Waals surface area contributed by atoms with Gasteiger partial charge in [0, 0.05) is 53.8 Å². The van der Waals surface area contributed by atoms with Crippen LogP contribution >= 0.6 is 0 Å². The summed E-state index contributed by atoms with van der Waals surface area (Å²) in [6.45, 7) is 4.19. The first-order valence-corrected chi connectivity index (χ1v) is 13.3. The Morgan fingerprint density at radius 3 is 2.97 bits per heavy atom. The zero-order chi connectivity index (χ0) is 25.5. The fourth-order valence-electron chi connectivity index (χ4n) is 5.57. The monoisotopic (exact) mass is 498 g/mol. The molecule has 3 unspecified atom stereocenters. The number of alkyl halides is 1. The fourth-order valence-corrected chi connectivity index (χ4v) is 5.57. The summed E-state index contributed by atoms with van der Waals surface area (Å²) in [6.07, 6.45) is 7.41. The van der Waals surface area contributed by atoms with Crippen molar-refractivity contribution < 1.29 is 18.7 Å². The van der Waals surface area contributed by atoms with Gasteiger partial charge in [-0.25, -0.2) is 14.2 Å². The second-order valence-corrected chi connectivity index (χ2v) is 9.80. The van der Waals surface area contributed by atoms with Crippen LogP contribution in [0, 0.1) is 5.92 Å². The number of ether oxygens (including phenoxy) is 2. The van der Waals surface area contributed by atoms with E-state index in [0.717, 1.165) is 85.6 Å². The molecule has 36 heavy (non-hydrogen) atoms. The van der Waals surface area contributed by atoms with Crippen LogP contribution < -0.4 is 10.1 Å². The molecule has 7 nitrogen and oxygen atoms in total. The van der Waals surface area contributed by atoms with Crippen molar-refractivity contribution in [2.45, 2.75) is 70.5 Å². The summed E-state index contributed by atoms with van der Waals surface area (Å²) < 4.78 is 26.0. The van der Waals surface area contributed by atoms with E-state index in [1.165, 1.54) is 7.11 Å². The van der Waals surface area contributed by atoms with Crippen LogP contribution in [-0.4, -0.2) is 60.9 Å². The first-order valence-electron chi connectivity index (χ1n) is 13.3. The molecular weight excluding hydrogens is 459 g/mol. The molecule has 4 rings (SSSR count). The van der Waals surface area contributed by atoms with Gasteiger partial charge >= 0.3 is 5.97 Å². The number of likely N-dealkylation sites (tertiary alicyclic amines) is 1. The first-order chi connectivity index (χ1) is 17.5. The van der Waals surface area contributed by atoms with Crippen molar-refractivity contribution in [3.05, 3.63) is 46.9 Å². The van der Waals surface area contributed by atoms with Gasteiger partial charge in [-0.15, -0.1) is 0 Å². The van der Waals surface area contributed by atoms with E-state index in [1.54, 1.807) is 13.3 Å². The predicted molar refractivity (Wildman–Crippen MR) is 138 cm³/mol. The molecule has 0 amide bonds. The number of aromatic nitrogens is 2. The quantitative estimate of drug-likeness (QED) is 0.356. The zero-order valence-electron chi connectivity index (χ0n) is 21.8. The van der Waals surface area contributed by atoms with E-state index < -0.39 is 12.2 Å². The topological polar surface area (TPSA) is 76.6 Å². The highest BCUT2D eigenvalue weighted by Gasteiger charge is 2.38. The lowest BCUT2D eigenvalue weighted by Crippen LogP contribution is -2.35. The average molecular weight is 499 g/mol. The van der Waals surface area contributed by atoms with Crippen molar-refractivity contribution in [3.63, 3.8) is 0 Å². The second kappa shape index (κ2) is 12.5. The number of carbonyl (C=O) groups is 1. The summed E-state index contributed by atoms with van der Waals surface area (Å²) in [5.74, 6) is 1.45. The van der Waals surface area contributed by atoms with Crippen LogP contribution in [-0.2, 0) is 28.8 Å². The van der Waals surface area contributed by atoms with Gasteiger partial charge in [0.2, 0.25) is 0 Å². The van der Waals surface area contributed by atoms with Crippen LogP contribution in [0.15, 0.2) is 24.4 Å². The van der Waals surface area contributed by atoms with E-state index in [9.17, 15) is 4.79 Å². The van der Waals surface area contributed by atoms with E-state index in [0.29, 0.717) is 19.5 Å². The van der Waals surface area contributed by atoms with Crippen molar-refractivity contribution in [3.8, 4) is 5.75 Å². The minimum atomic E-state index is -0.888. The normalized spacial score (nSPS) is 19.3. The number of aryl methyl sites for hydroxylation is 2. The first kappa shape index (κ1) is 26.3. The number of nitrogens with zero attached hydrogens (tertiary/aromatic N) is 3. The molecule has 0 aromatic carbocycles. The molecule has 196 valence electrons. The van der Waals surface area contributed by atoms with Gasteiger partial charge in [0.1, 0.15) is 23.8 Å². The van der Waals surface area contributed by atoms with E-state index in [2.05, 4.69) is 15.2 Å². The van der Waals surface area contributed by atoms with Gasteiger partial charge in [0.05, 0.1) is 14.2 Å². The lowest BCUT2D eigenvalue weighted by molar-refractivity contribution is -0.147. The highest BCUT2D eigenvalue weighted by Crippen LogP contribution is 2.34. The number of esters is 1. The Balaban J connectivity index is 1.30. The number of nitrogens with one attached hydrogen (secondary N) is 1. The van der Waals surface area contributed by atoms with E-state index in [4.69, 9.17) is 14.5 Å². The summed E-state index contributed by atoms with van der Waals surface area (Å²) in [6, 6.07) is 5.28. The van der Waals surface area contributed by atoms with Crippen LogP contribution in [0.3, 0.4) is 0 Å². The summed E-state index contributed by atoms with van der Waals surface area (Å²) in [4.78, 5) is 24.0. The number of methoxy groups -OCH3 is 2. The SMILES string of the molecule is CCc1ncccc1C(C(=O)OC)N1CCC(C(F)CCCCc2cc(OC)c3c(n2)NCCC3)C1. The third-order valence-electron chi connectivity index (χ3n) is 7.53. The Morgan fingerprint density at radius 2 is 2.19 bits per heavy atom. The minimum absolute atomic E-state index is 0.0786. The Morgan fingerprint density at radius 1 is 1.33 bits per heavy atom. The van der Waals surface area contributed by atoms with Crippen LogP contribution in [0.5, 0.6) is 5.75 Å².